The van der Waals surface area contributed by atoms with Crippen LogP contribution in [-0.2, 0) is 11.1 Å². The summed E-state index contributed by atoms with van der Waals surface area (Å²) in [6, 6.07) is 13.1. The van der Waals surface area contributed by atoms with Crippen molar-refractivity contribution in [2.45, 2.75) is 0 Å². The highest BCUT2D eigenvalue weighted by molar-refractivity contribution is 7.78. The van der Waals surface area contributed by atoms with Gasteiger partial charge in [0.1, 0.15) is 0 Å². The van der Waals surface area contributed by atoms with Crippen LogP contribution in [0.4, 0.5) is 8.78 Å². The van der Waals surface area contributed by atoms with Crippen LogP contribution in [0.5, 0.6) is 0 Å². The van der Waals surface area contributed by atoms with Crippen molar-refractivity contribution in [2.75, 3.05) is 6.26 Å². The Bertz CT molecular complexity index is 526. The minimum Gasteiger partial charge on any atom is -0.773 e. The van der Waals surface area contributed by atoms with E-state index in [9.17, 15) is 8.78 Å². The summed E-state index contributed by atoms with van der Waals surface area (Å²) >= 11 is -1.86. The van der Waals surface area contributed by atoms with Crippen molar-refractivity contribution < 1.29 is 17.5 Å². The maximum Gasteiger partial charge on any atom is 0.166 e. The van der Waals surface area contributed by atoms with Crippen LogP contribution >= 0.6 is 0 Å². The lowest BCUT2D eigenvalue weighted by Crippen LogP contribution is -1.88. The molecule has 0 amide bonds. The molecule has 2 nitrogen and oxygen atoms in total. The molecule has 0 fully saturated rings. The van der Waals surface area contributed by atoms with Gasteiger partial charge in [-0.05, 0) is 17.9 Å². The SMILES string of the molecule is CS(=O)[O-].Fc1cccc(-c2ccccc2)c1F. The van der Waals surface area contributed by atoms with Crippen LogP contribution in [0.3, 0.4) is 0 Å². The van der Waals surface area contributed by atoms with Gasteiger partial charge in [0.05, 0.1) is 0 Å². The third kappa shape index (κ3) is 4.35. The molecule has 0 spiro atoms. The second-order valence-corrected chi connectivity index (χ2v) is 4.17. The van der Waals surface area contributed by atoms with E-state index in [-0.39, 0.29) is 0 Å². The molecule has 5 heteroatoms. The number of hydrogen-bond donors (Lipinski definition) is 0. The Morgan fingerprint density at radius 2 is 1.56 bits per heavy atom. The van der Waals surface area contributed by atoms with Gasteiger partial charge >= 0.3 is 0 Å². The summed E-state index contributed by atoms with van der Waals surface area (Å²) in [5.74, 6) is -1.61. The normalized spacial score (nSPS) is 11.3. The van der Waals surface area contributed by atoms with Gasteiger partial charge in [0.15, 0.2) is 11.6 Å². The second-order valence-electron chi connectivity index (χ2n) is 3.37. The molecule has 18 heavy (non-hydrogen) atoms. The number of halogens is 2. The highest BCUT2D eigenvalue weighted by Gasteiger charge is 2.08. The van der Waals surface area contributed by atoms with Gasteiger partial charge in [0, 0.05) is 5.56 Å². The first-order chi connectivity index (χ1) is 8.52. The third-order valence-electron chi connectivity index (χ3n) is 2.04. The van der Waals surface area contributed by atoms with Crippen molar-refractivity contribution in [1.82, 2.24) is 0 Å². The van der Waals surface area contributed by atoms with Gasteiger partial charge in [0.2, 0.25) is 0 Å². The van der Waals surface area contributed by atoms with E-state index in [4.69, 9.17) is 8.76 Å². The monoisotopic (exact) mass is 269 g/mol. The van der Waals surface area contributed by atoms with Crippen LogP contribution < -0.4 is 0 Å². The van der Waals surface area contributed by atoms with Crippen molar-refractivity contribution >= 4 is 11.1 Å². The van der Waals surface area contributed by atoms with E-state index in [0.29, 0.717) is 11.1 Å². The van der Waals surface area contributed by atoms with E-state index in [0.717, 1.165) is 12.3 Å². The van der Waals surface area contributed by atoms with Gasteiger partial charge in [0.25, 0.3) is 0 Å². The first-order valence-electron chi connectivity index (χ1n) is 5.02. The summed E-state index contributed by atoms with van der Waals surface area (Å²) in [4.78, 5) is 0. The molecule has 1 unspecified atom stereocenters. The van der Waals surface area contributed by atoms with E-state index >= 15 is 0 Å². The molecule has 0 aliphatic heterocycles. The number of rotatable bonds is 1. The molecule has 1 atom stereocenters. The Morgan fingerprint density at radius 3 is 2.11 bits per heavy atom. The van der Waals surface area contributed by atoms with Crippen molar-refractivity contribution in [3.63, 3.8) is 0 Å². The highest BCUT2D eigenvalue weighted by Crippen LogP contribution is 2.23. The number of hydrogen-bond acceptors (Lipinski definition) is 2. The molecular formula is C13H11F2O2S-. The minimum atomic E-state index is -1.86. The van der Waals surface area contributed by atoms with Gasteiger partial charge in [-0.15, -0.1) is 0 Å². The van der Waals surface area contributed by atoms with Crippen LogP contribution in [0.2, 0.25) is 0 Å². The molecule has 0 aliphatic carbocycles. The van der Waals surface area contributed by atoms with Gasteiger partial charge < -0.3 is 4.55 Å². The van der Waals surface area contributed by atoms with E-state index in [1.54, 1.807) is 30.3 Å². The summed E-state index contributed by atoms with van der Waals surface area (Å²) in [6.07, 6.45) is 1.08. The summed E-state index contributed by atoms with van der Waals surface area (Å²) in [5.41, 5.74) is 0.982. The Kier molecular flexibility index (Phi) is 5.61. The predicted octanol–water partition coefficient (Wildman–Crippen LogP) is 3.13. The second kappa shape index (κ2) is 6.98. The fourth-order valence-electron chi connectivity index (χ4n) is 1.34. The summed E-state index contributed by atoms with van der Waals surface area (Å²) in [7, 11) is 0. The van der Waals surface area contributed by atoms with Crippen LogP contribution in [0.1, 0.15) is 0 Å². The van der Waals surface area contributed by atoms with Crippen molar-refractivity contribution in [2.24, 2.45) is 0 Å². The maximum absolute atomic E-state index is 13.3. The molecule has 2 rings (SSSR count). The molecule has 0 saturated heterocycles. The Morgan fingerprint density at radius 1 is 1.00 bits per heavy atom. The van der Waals surface area contributed by atoms with E-state index < -0.39 is 22.7 Å². The number of benzene rings is 2. The van der Waals surface area contributed by atoms with Crippen molar-refractivity contribution in [1.29, 1.82) is 0 Å². The average Bonchev–Trinajstić information content (AvgIpc) is 2.33. The maximum atomic E-state index is 13.3. The lowest BCUT2D eigenvalue weighted by Gasteiger charge is -2.02. The first kappa shape index (κ1) is 14.5. The molecular weight excluding hydrogens is 258 g/mol. The molecule has 0 aromatic heterocycles. The molecule has 2 aromatic carbocycles. The predicted molar refractivity (Wildman–Crippen MR) is 66.6 cm³/mol. The molecule has 0 bridgehead atoms. The van der Waals surface area contributed by atoms with Crippen molar-refractivity contribution in [3.05, 3.63) is 60.2 Å². The molecule has 2 aromatic rings. The lowest BCUT2D eigenvalue weighted by molar-refractivity contribution is 0.511. The van der Waals surface area contributed by atoms with Crippen LogP contribution in [-0.4, -0.2) is 15.0 Å². The molecule has 0 aliphatic rings. The Labute approximate surface area is 107 Å². The summed E-state index contributed by atoms with van der Waals surface area (Å²) in [5, 5.41) is 0. The van der Waals surface area contributed by atoms with E-state index in [1.165, 1.54) is 6.07 Å². The molecule has 0 radical (unpaired) electrons. The molecule has 96 valence electrons. The molecule has 0 heterocycles. The third-order valence-corrected chi connectivity index (χ3v) is 2.04. The first-order valence-corrected chi connectivity index (χ1v) is 6.51. The fourth-order valence-corrected chi connectivity index (χ4v) is 1.34. The van der Waals surface area contributed by atoms with Crippen LogP contribution in [0.25, 0.3) is 11.1 Å². The Hall–Kier alpha value is -1.59. The van der Waals surface area contributed by atoms with Gasteiger partial charge in [-0.3, -0.25) is 4.21 Å². The summed E-state index contributed by atoms with van der Waals surface area (Å²) < 4.78 is 44.2. The van der Waals surface area contributed by atoms with Gasteiger partial charge in [-0.2, -0.15) is 0 Å². The van der Waals surface area contributed by atoms with E-state index in [1.807, 2.05) is 6.07 Å². The highest BCUT2D eigenvalue weighted by atomic mass is 32.2. The quantitative estimate of drug-likeness (QED) is 0.746. The van der Waals surface area contributed by atoms with Crippen LogP contribution in [0, 0.1) is 11.6 Å². The zero-order valence-electron chi connectivity index (χ0n) is 9.60. The largest absolute Gasteiger partial charge is 0.773 e. The fraction of sp³-hybridized carbons (Fsp3) is 0.0769. The molecule has 0 saturated carbocycles. The van der Waals surface area contributed by atoms with Gasteiger partial charge in [-0.1, -0.05) is 53.5 Å². The molecule has 0 N–H and O–H groups in total. The van der Waals surface area contributed by atoms with Crippen molar-refractivity contribution in [3.8, 4) is 11.1 Å². The zero-order valence-corrected chi connectivity index (χ0v) is 10.4. The Balaban J connectivity index is 0.000000357. The van der Waals surface area contributed by atoms with Crippen LogP contribution in [0.15, 0.2) is 48.5 Å². The smallest absolute Gasteiger partial charge is 0.166 e. The van der Waals surface area contributed by atoms with E-state index in [2.05, 4.69) is 0 Å². The average molecular weight is 269 g/mol. The van der Waals surface area contributed by atoms with Gasteiger partial charge in [-0.25, -0.2) is 8.78 Å². The minimum absolute atomic E-state index is 0.297. The zero-order chi connectivity index (χ0) is 13.5. The standard InChI is InChI=1S/C12H8F2.CH4O2S/c13-11-8-4-7-10(12(11)14)9-5-2-1-3-6-9;1-4(2)3/h1-8H;1H3,(H,2,3)/p-1. The lowest BCUT2D eigenvalue weighted by atomic mass is 10.1. The summed E-state index contributed by atoms with van der Waals surface area (Å²) in [6.45, 7) is 0. The topological polar surface area (TPSA) is 40.1 Å².